The van der Waals surface area contributed by atoms with Crippen molar-refractivity contribution in [2.24, 2.45) is 0 Å². The summed E-state index contributed by atoms with van der Waals surface area (Å²) in [7, 11) is 0. The summed E-state index contributed by atoms with van der Waals surface area (Å²) in [6, 6.07) is 4.25. The summed E-state index contributed by atoms with van der Waals surface area (Å²) in [6.45, 7) is 7.64. The Bertz CT molecular complexity index is 418. The molecule has 1 atom stereocenters. The smallest absolute Gasteiger partial charge is 0.268 e. The second-order valence-corrected chi connectivity index (χ2v) is 4.78. The maximum Gasteiger partial charge on any atom is 0.268 e. The van der Waals surface area contributed by atoms with Gasteiger partial charge in [0.15, 0.2) is 0 Å². The minimum Gasteiger partial charge on any atom is -0.345 e. The van der Waals surface area contributed by atoms with Crippen LogP contribution in [0.3, 0.4) is 0 Å². The number of aromatic nitrogens is 1. The van der Waals surface area contributed by atoms with Crippen LogP contribution in [0.15, 0.2) is 31.0 Å². The van der Waals surface area contributed by atoms with Crippen LogP contribution in [0.2, 0.25) is 0 Å². The van der Waals surface area contributed by atoms with Gasteiger partial charge in [0.25, 0.3) is 5.91 Å². The zero-order chi connectivity index (χ0) is 13.0. The van der Waals surface area contributed by atoms with Crippen molar-refractivity contribution in [1.29, 1.82) is 0 Å². The Kier molecular flexibility index (Phi) is 4.20. The first kappa shape index (κ1) is 12.9. The molecule has 1 fully saturated rings. The first-order valence-electron chi connectivity index (χ1n) is 6.53. The van der Waals surface area contributed by atoms with Crippen molar-refractivity contribution in [3.8, 4) is 0 Å². The molecule has 0 bridgehead atoms. The number of rotatable bonds is 4. The molecule has 1 saturated heterocycles. The molecule has 4 nitrogen and oxygen atoms in total. The van der Waals surface area contributed by atoms with Crippen molar-refractivity contribution < 1.29 is 4.79 Å². The van der Waals surface area contributed by atoms with Crippen molar-refractivity contribution in [3.63, 3.8) is 0 Å². The topological polar surface area (TPSA) is 46.1 Å². The fraction of sp³-hybridized carbons (Fsp3) is 0.500. The van der Waals surface area contributed by atoms with E-state index in [0.717, 1.165) is 31.6 Å². The van der Waals surface area contributed by atoms with Crippen LogP contribution < -0.4 is 10.6 Å². The van der Waals surface area contributed by atoms with Gasteiger partial charge in [-0.3, -0.25) is 4.79 Å². The van der Waals surface area contributed by atoms with Gasteiger partial charge in [-0.05, 0) is 45.0 Å². The van der Waals surface area contributed by atoms with Gasteiger partial charge in [0.1, 0.15) is 5.69 Å². The molecule has 1 aromatic heterocycles. The number of carbonyl (C=O) groups is 1. The summed E-state index contributed by atoms with van der Waals surface area (Å²) in [6.07, 6.45) is 5.89. The van der Waals surface area contributed by atoms with Gasteiger partial charge in [0.2, 0.25) is 0 Å². The molecule has 18 heavy (non-hydrogen) atoms. The van der Waals surface area contributed by atoms with Gasteiger partial charge in [-0.2, -0.15) is 0 Å². The lowest BCUT2D eigenvalue weighted by molar-refractivity contribution is 0.0934. The van der Waals surface area contributed by atoms with E-state index in [1.54, 1.807) is 6.08 Å². The summed E-state index contributed by atoms with van der Waals surface area (Å²) in [5, 5.41) is 6.26. The zero-order valence-electron chi connectivity index (χ0n) is 10.9. The molecule has 0 saturated carbocycles. The SMILES string of the molecule is C=CC(C)NC(=O)c1cccn1C1CCNCC1. The van der Waals surface area contributed by atoms with E-state index in [9.17, 15) is 4.79 Å². The highest BCUT2D eigenvalue weighted by Gasteiger charge is 2.20. The van der Waals surface area contributed by atoms with Gasteiger partial charge < -0.3 is 15.2 Å². The van der Waals surface area contributed by atoms with Crippen molar-refractivity contribution in [3.05, 3.63) is 36.7 Å². The molecule has 1 unspecified atom stereocenters. The molecule has 1 aliphatic heterocycles. The number of carbonyl (C=O) groups excluding carboxylic acids is 1. The third-order valence-corrected chi connectivity index (χ3v) is 3.43. The van der Waals surface area contributed by atoms with Gasteiger partial charge in [-0.1, -0.05) is 6.08 Å². The lowest BCUT2D eigenvalue weighted by Crippen LogP contribution is -2.35. The fourth-order valence-electron chi connectivity index (χ4n) is 2.33. The summed E-state index contributed by atoms with van der Waals surface area (Å²) >= 11 is 0. The van der Waals surface area contributed by atoms with Crippen LogP contribution in [0, 0.1) is 0 Å². The second kappa shape index (κ2) is 5.87. The predicted molar refractivity (Wildman–Crippen MR) is 72.7 cm³/mol. The molecule has 2 N–H and O–H groups in total. The van der Waals surface area contributed by atoms with Crippen LogP contribution in [0.1, 0.15) is 36.3 Å². The van der Waals surface area contributed by atoms with E-state index in [1.807, 2.05) is 25.3 Å². The molecule has 2 rings (SSSR count). The largest absolute Gasteiger partial charge is 0.345 e. The molecule has 0 aromatic carbocycles. The Morgan fingerprint density at radius 3 is 3.00 bits per heavy atom. The molecule has 1 aliphatic rings. The molecule has 1 aromatic rings. The molecule has 4 heteroatoms. The molecular formula is C14H21N3O. The van der Waals surface area contributed by atoms with Crippen LogP contribution in [-0.4, -0.2) is 29.6 Å². The van der Waals surface area contributed by atoms with E-state index in [1.165, 1.54) is 0 Å². The van der Waals surface area contributed by atoms with E-state index in [-0.39, 0.29) is 11.9 Å². The number of nitrogens with one attached hydrogen (secondary N) is 2. The van der Waals surface area contributed by atoms with Crippen LogP contribution >= 0.6 is 0 Å². The molecule has 2 heterocycles. The lowest BCUT2D eigenvalue weighted by atomic mass is 10.1. The Morgan fingerprint density at radius 1 is 1.61 bits per heavy atom. The third-order valence-electron chi connectivity index (χ3n) is 3.43. The average Bonchev–Trinajstić information content (AvgIpc) is 2.88. The number of hydrogen-bond acceptors (Lipinski definition) is 2. The Balaban J connectivity index is 2.11. The highest BCUT2D eigenvalue weighted by atomic mass is 16.2. The number of amides is 1. The Labute approximate surface area is 108 Å². The van der Waals surface area contributed by atoms with Gasteiger partial charge >= 0.3 is 0 Å². The number of piperidine rings is 1. The van der Waals surface area contributed by atoms with Gasteiger partial charge in [-0.25, -0.2) is 0 Å². The van der Waals surface area contributed by atoms with Crippen LogP contribution in [0.4, 0.5) is 0 Å². The minimum absolute atomic E-state index is 0.00567. The van der Waals surface area contributed by atoms with Crippen LogP contribution in [0.25, 0.3) is 0 Å². The minimum atomic E-state index is -0.0223. The molecule has 1 amide bonds. The van der Waals surface area contributed by atoms with Gasteiger partial charge in [0, 0.05) is 18.3 Å². The number of nitrogens with zero attached hydrogens (tertiary/aromatic N) is 1. The zero-order valence-corrected chi connectivity index (χ0v) is 10.9. The highest BCUT2D eigenvalue weighted by Crippen LogP contribution is 2.21. The quantitative estimate of drug-likeness (QED) is 0.796. The van der Waals surface area contributed by atoms with Crippen molar-refractivity contribution in [1.82, 2.24) is 15.2 Å². The fourth-order valence-corrected chi connectivity index (χ4v) is 2.33. The van der Waals surface area contributed by atoms with Crippen LogP contribution in [-0.2, 0) is 0 Å². The summed E-state index contributed by atoms with van der Waals surface area (Å²) in [5.74, 6) is -0.0223. The summed E-state index contributed by atoms with van der Waals surface area (Å²) in [5.41, 5.74) is 0.746. The van der Waals surface area contributed by atoms with E-state index in [0.29, 0.717) is 6.04 Å². The lowest BCUT2D eigenvalue weighted by Gasteiger charge is -2.26. The molecule has 98 valence electrons. The highest BCUT2D eigenvalue weighted by molar-refractivity contribution is 5.93. The van der Waals surface area contributed by atoms with E-state index >= 15 is 0 Å². The first-order valence-corrected chi connectivity index (χ1v) is 6.53. The third kappa shape index (κ3) is 2.82. The molecule has 0 radical (unpaired) electrons. The summed E-state index contributed by atoms with van der Waals surface area (Å²) < 4.78 is 2.10. The first-order chi connectivity index (χ1) is 8.72. The van der Waals surface area contributed by atoms with Crippen LogP contribution in [0.5, 0.6) is 0 Å². The average molecular weight is 247 g/mol. The maximum atomic E-state index is 12.1. The van der Waals surface area contributed by atoms with E-state index in [4.69, 9.17) is 0 Å². The standard InChI is InChI=1S/C14H21N3O/c1-3-11(2)16-14(18)13-5-4-10-17(13)12-6-8-15-9-7-12/h3-5,10-12,15H,1,6-9H2,2H3,(H,16,18). The van der Waals surface area contributed by atoms with Crippen molar-refractivity contribution in [2.45, 2.75) is 31.8 Å². The van der Waals surface area contributed by atoms with Crippen molar-refractivity contribution >= 4 is 5.91 Å². The van der Waals surface area contributed by atoms with Gasteiger partial charge in [-0.15, -0.1) is 6.58 Å². The van der Waals surface area contributed by atoms with E-state index < -0.39 is 0 Å². The maximum absolute atomic E-state index is 12.1. The Morgan fingerprint density at radius 2 is 2.33 bits per heavy atom. The summed E-state index contributed by atoms with van der Waals surface area (Å²) in [4.78, 5) is 12.1. The van der Waals surface area contributed by atoms with Crippen molar-refractivity contribution in [2.75, 3.05) is 13.1 Å². The molecule has 0 spiro atoms. The Hall–Kier alpha value is -1.55. The molecule has 0 aliphatic carbocycles. The van der Waals surface area contributed by atoms with Gasteiger partial charge in [0.05, 0.1) is 0 Å². The second-order valence-electron chi connectivity index (χ2n) is 4.78. The van der Waals surface area contributed by atoms with E-state index in [2.05, 4.69) is 21.8 Å². The normalized spacial score (nSPS) is 18.3. The number of hydrogen-bond donors (Lipinski definition) is 2. The monoisotopic (exact) mass is 247 g/mol. The predicted octanol–water partition coefficient (Wildman–Crippen LogP) is 1.72. The molecular weight excluding hydrogens is 226 g/mol.